The zero-order valence-corrected chi connectivity index (χ0v) is 10.6. The average molecular weight is 246 g/mol. The smallest absolute Gasteiger partial charge is 0.0409 e. The molecule has 2 aliphatic carbocycles. The van der Waals surface area contributed by atoms with Crippen LogP contribution in [0.2, 0.25) is 5.02 Å². The van der Waals surface area contributed by atoms with Gasteiger partial charge < -0.3 is 5.32 Å². The number of benzene rings is 1. The summed E-state index contributed by atoms with van der Waals surface area (Å²) in [4.78, 5) is 0. The molecule has 0 radical (unpaired) electrons. The SMILES string of the molecule is Clc1ccc2c(c1)CC1=C2CCNC1C1CC1. The molecule has 0 aromatic heterocycles. The van der Waals surface area contributed by atoms with Gasteiger partial charge in [0.05, 0.1) is 0 Å². The van der Waals surface area contributed by atoms with Crippen LogP contribution in [0.5, 0.6) is 0 Å². The molecule has 1 saturated carbocycles. The maximum Gasteiger partial charge on any atom is 0.0409 e. The molecule has 1 aliphatic heterocycles. The minimum Gasteiger partial charge on any atom is -0.310 e. The van der Waals surface area contributed by atoms with E-state index in [1.165, 1.54) is 30.4 Å². The van der Waals surface area contributed by atoms with Crippen LogP contribution in [0.25, 0.3) is 5.57 Å². The number of halogens is 1. The molecule has 0 amide bonds. The zero-order valence-electron chi connectivity index (χ0n) is 9.80. The van der Waals surface area contributed by atoms with E-state index in [0.717, 1.165) is 23.9 Å². The monoisotopic (exact) mass is 245 g/mol. The average Bonchev–Trinajstić information content (AvgIpc) is 3.09. The molecule has 1 unspecified atom stereocenters. The van der Waals surface area contributed by atoms with E-state index in [1.54, 1.807) is 11.1 Å². The van der Waals surface area contributed by atoms with E-state index in [4.69, 9.17) is 11.6 Å². The predicted octanol–water partition coefficient (Wildman–Crippen LogP) is 3.42. The Morgan fingerprint density at radius 2 is 2.12 bits per heavy atom. The molecule has 1 aromatic rings. The van der Waals surface area contributed by atoms with Gasteiger partial charge in [0.25, 0.3) is 0 Å². The molecule has 1 nitrogen and oxygen atoms in total. The fourth-order valence-corrected chi connectivity index (χ4v) is 3.63. The van der Waals surface area contributed by atoms with Crippen LogP contribution in [0.3, 0.4) is 0 Å². The van der Waals surface area contributed by atoms with E-state index in [0.29, 0.717) is 6.04 Å². The molecular weight excluding hydrogens is 230 g/mol. The second-order valence-electron chi connectivity index (χ2n) is 5.50. The number of fused-ring (bicyclic) bond motifs is 2. The number of nitrogens with one attached hydrogen (secondary N) is 1. The van der Waals surface area contributed by atoms with Crippen molar-refractivity contribution in [2.45, 2.75) is 31.7 Å². The molecule has 88 valence electrons. The van der Waals surface area contributed by atoms with E-state index in [9.17, 15) is 0 Å². The topological polar surface area (TPSA) is 12.0 Å². The van der Waals surface area contributed by atoms with Crippen LogP contribution in [-0.4, -0.2) is 12.6 Å². The standard InChI is InChI=1S/C15H16ClN/c16-11-3-4-12-10(7-11)8-14-13(12)5-6-17-15(14)9-1-2-9/h3-4,7,9,15,17H,1-2,5-6,8H2. The molecule has 1 heterocycles. The van der Waals surface area contributed by atoms with Gasteiger partial charge in [-0.15, -0.1) is 0 Å². The fourth-order valence-electron chi connectivity index (χ4n) is 3.44. The second kappa shape index (κ2) is 3.60. The minimum atomic E-state index is 0.657. The lowest BCUT2D eigenvalue weighted by atomic mass is 9.92. The van der Waals surface area contributed by atoms with Crippen molar-refractivity contribution in [2.24, 2.45) is 5.92 Å². The van der Waals surface area contributed by atoms with E-state index in [1.807, 2.05) is 6.07 Å². The van der Waals surface area contributed by atoms with Crippen molar-refractivity contribution in [1.29, 1.82) is 0 Å². The van der Waals surface area contributed by atoms with E-state index >= 15 is 0 Å². The zero-order chi connectivity index (χ0) is 11.4. The Bertz CT molecular complexity index is 514. The van der Waals surface area contributed by atoms with Crippen molar-refractivity contribution in [3.05, 3.63) is 39.9 Å². The lowest BCUT2D eigenvalue weighted by molar-refractivity contribution is 0.503. The highest BCUT2D eigenvalue weighted by atomic mass is 35.5. The second-order valence-corrected chi connectivity index (χ2v) is 5.94. The van der Waals surface area contributed by atoms with Gasteiger partial charge in [0.1, 0.15) is 0 Å². The Morgan fingerprint density at radius 1 is 1.24 bits per heavy atom. The molecule has 0 spiro atoms. The number of hydrogen-bond acceptors (Lipinski definition) is 1. The molecule has 0 saturated heterocycles. The molecule has 4 rings (SSSR count). The van der Waals surface area contributed by atoms with E-state index < -0.39 is 0 Å². The summed E-state index contributed by atoms with van der Waals surface area (Å²) >= 11 is 6.10. The summed E-state index contributed by atoms with van der Waals surface area (Å²) in [6.45, 7) is 1.14. The summed E-state index contributed by atoms with van der Waals surface area (Å²) in [5, 5.41) is 4.59. The van der Waals surface area contributed by atoms with Crippen LogP contribution < -0.4 is 5.32 Å². The van der Waals surface area contributed by atoms with Crippen LogP contribution in [0.1, 0.15) is 30.4 Å². The summed E-state index contributed by atoms with van der Waals surface area (Å²) in [5.41, 5.74) is 6.19. The maximum absolute atomic E-state index is 6.10. The van der Waals surface area contributed by atoms with Gasteiger partial charge in [-0.3, -0.25) is 0 Å². The summed E-state index contributed by atoms with van der Waals surface area (Å²) in [6.07, 6.45) is 5.13. The first-order chi connectivity index (χ1) is 8.33. The lowest BCUT2D eigenvalue weighted by Crippen LogP contribution is -2.37. The Hall–Kier alpha value is -0.790. The molecule has 1 atom stereocenters. The van der Waals surface area contributed by atoms with Gasteiger partial charge >= 0.3 is 0 Å². The Kier molecular flexibility index (Phi) is 2.15. The Morgan fingerprint density at radius 3 is 2.94 bits per heavy atom. The van der Waals surface area contributed by atoms with Gasteiger partial charge in [-0.05, 0) is 72.6 Å². The number of hydrogen-bond donors (Lipinski definition) is 1. The summed E-state index contributed by atoms with van der Waals surface area (Å²) in [6, 6.07) is 7.06. The first-order valence-corrected chi connectivity index (χ1v) is 6.95. The highest BCUT2D eigenvalue weighted by Gasteiger charge is 2.38. The summed E-state index contributed by atoms with van der Waals surface area (Å²) < 4.78 is 0. The molecule has 1 N–H and O–H groups in total. The normalized spacial score (nSPS) is 27.0. The van der Waals surface area contributed by atoms with Gasteiger partial charge in [-0.25, -0.2) is 0 Å². The third-order valence-electron chi connectivity index (χ3n) is 4.37. The van der Waals surface area contributed by atoms with Crippen molar-refractivity contribution in [3.8, 4) is 0 Å². The molecule has 0 bridgehead atoms. The molecular formula is C15H16ClN. The van der Waals surface area contributed by atoms with Crippen LogP contribution in [0.4, 0.5) is 0 Å². The van der Waals surface area contributed by atoms with Gasteiger partial charge in [0.15, 0.2) is 0 Å². The quantitative estimate of drug-likeness (QED) is 0.800. The minimum absolute atomic E-state index is 0.657. The van der Waals surface area contributed by atoms with Gasteiger partial charge in [0.2, 0.25) is 0 Å². The van der Waals surface area contributed by atoms with E-state index in [2.05, 4.69) is 17.4 Å². The number of rotatable bonds is 1. The first kappa shape index (κ1) is 10.2. The fraction of sp³-hybridized carbons (Fsp3) is 0.467. The highest BCUT2D eigenvalue weighted by molar-refractivity contribution is 6.30. The first-order valence-electron chi connectivity index (χ1n) is 6.57. The van der Waals surface area contributed by atoms with E-state index in [-0.39, 0.29) is 0 Å². The Balaban J connectivity index is 1.78. The highest BCUT2D eigenvalue weighted by Crippen LogP contribution is 2.45. The van der Waals surface area contributed by atoms with Gasteiger partial charge in [0, 0.05) is 11.1 Å². The predicted molar refractivity (Wildman–Crippen MR) is 71.2 cm³/mol. The van der Waals surface area contributed by atoms with Gasteiger partial charge in [-0.1, -0.05) is 17.7 Å². The summed E-state index contributed by atoms with van der Waals surface area (Å²) in [5.74, 6) is 0.907. The maximum atomic E-state index is 6.10. The summed E-state index contributed by atoms with van der Waals surface area (Å²) in [7, 11) is 0. The van der Waals surface area contributed by atoms with Crippen molar-refractivity contribution in [3.63, 3.8) is 0 Å². The van der Waals surface area contributed by atoms with Crippen molar-refractivity contribution in [1.82, 2.24) is 5.32 Å². The largest absolute Gasteiger partial charge is 0.310 e. The molecule has 1 fully saturated rings. The Labute approximate surface area is 107 Å². The van der Waals surface area contributed by atoms with Crippen LogP contribution in [0.15, 0.2) is 23.8 Å². The molecule has 2 heteroatoms. The van der Waals surface area contributed by atoms with Crippen LogP contribution in [-0.2, 0) is 6.42 Å². The van der Waals surface area contributed by atoms with Crippen molar-refractivity contribution in [2.75, 3.05) is 6.54 Å². The lowest BCUT2D eigenvalue weighted by Gasteiger charge is -2.26. The van der Waals surface area contributed by atoms with Crippen LogP contribution in [0, 0.1) is 5.92 Å². The third-order valence-corrected chi connectivity index (χ3v) is 4.60. The van der Waals surface area contributed by atoms with Crippen LogP contribution >= 0.6 is 11.6 Å². The van der Waals surface area contributed by atoms with Crippen molar-refractivity contribution >= 4 is 17.2 Å². The van der Waals surface area contributed by atoms with Crippen molar-refractivity contribution < 1.29 is 0 Å². The third kappa shape index (κ3) is 1.56. The molecule has 1 aromatic carbocycles. The molecule has 17 heavy (non-hydrogen) atoms. The van der Waals surface area contributed by atoms with Gasteiger partial charge in [-0.2, -0.15) is 0 Å². The molecule has 3 aliphatic rings.